The lowest BCUT2D eigenvalue weighted by molar-refractivity contribution is -0.287. The first-order valence-corrected chi connectivity index (χ1v) is 4.71. The molecule has 0 atom stereocenters. The first-order chi connectivity index (χ1) is 8.40. The van der Waals surface area contributed by atoms with Crippen LogP contribution >= 0.6 is 0 Å². The fraction of sp³-hybridized carbons (Fsp3) is 0.625. The van der Waals surface area contributed by atoms with Crippen LogP contribution in [0.2, 0.25) is 0 Å². The Morgan fingerprint density at radius 2 is 1.21 bits per heavy atom. The van der Waals surface area contributed by atoms with Crippen molar-refractivity contribution in [3.63, 3.8) is 0 Å². The first kappa shape index (κ1) is 15.1. The summed E-state index contributed by atoms with van der Waals surface area (Å²) in [6.07, 6.45) is -5.91. The summed E-state index contributed by atoms with van der Waals surface area (Å²) in [6, 6.07) is 0. The molecule has 1 rings (SSSR count). The maximum absolute atomic E-state index is 12.8. The molecule has 0 aliphatic rings. The summed E-state index contributed by atoms with van der Waals surface area (Å²) in [5.41, 5.74) is -4.21. The SMILES string of the molecule is Cn1c(=O)n(C)c(=O)n(CC(F)(F)C(F)(F)F)c1=O. The molecule has 19 heavy (non-hydrogen) atoms. The summed E-state index contributed by atoms with van der Waals surface area (Å²) in [5.74, 6) is -5.26. The highest BCUT2D eigenvalue weighted by Gasteiger charge is 2.58. The summed E-state index contributed by atoms with van der Waals surface area (Å²) < 4.78 is 61.9. The molecule has 108 valence electrons. The fourth-order valence-corrected chi connectivity index (χ4v) is 1.26. The molecule has 0 aliphatic carbocycles. The lowest BCUT2D eigenvalue weighted by atomic mass is 10.3. The Morgan fingerprint density at radius 1 is 0.842 bits per heavy atom. The third kappa shape index (κ3) is 2.44. The van der Waals surface area contributed by atoms with Gasteiger partial charge in [0.25, 0.3) is 0 Å². The standard InChI is InChI=1S/C8H8F5N3O3/c1-14-4(17)15(2)6(19)16(5(14)18)3-7(9,10)8(11,12)13/h3H2,1-2H3. The van der Waals surface area contributed by atoms with Gasteiger partial charge in [-0.15, -0.1) is 0 Å². The molecule has 0 aromatic carbocycles. The smallest absolute Gasteiger partial charge is 0.248 e. The minimum absolute atomic E-state index is 0.258. The van der Waals surface area contributed by atoms with Gasteiger partial charge in [-0.25, -0.2) is 28.1 Å². The van der Waals surface area contributed by atoms with Crippen LogP contribution in [0.1, 0.15) is 0 Å². The van der Waals surface area contributed by atoms with Crippen LogP contribution in [-0.2, 0) is 20.6 Å². The summed E-state index contributed by atoms with van der Waals surface area (Å²) in [7, 11) is 1.71. The van der Waals surface area contributed by atoms with Crippen molar-refractivity contribution in [2.24, 2.45) is 14.1 Å². The predicted molar refractivity (Wildman–Crippen MR) is 52.2 cm³/mol. The van der Waals surface area contributed by atoms with Crippen LogP contribution in [0.4, 0.5) is 22.0 Å². The van der Waals surface area contributed by atoms with Crippen molar-refractivity contribution >= 4 is 0 Å². The minimum Gasteiger partial charge on any atom is -0.248 e. The number of hydrogen-bond acceptors (Lipinski definition) is 3. The molecule has 1 heterocycles. The second-order valence-corrected chi connectivity index (χ2v) is 3.75. The molecule has 0 saturated heterocycles. The van der Waals surface area contributed by atoms with Crippen molar-refractivity contribution in [3.8, 4) is 0 Å². The Morgan fingerprint density at radius 3 is 1.53 bits per heavy atom. The Kier molecular flexibility index (Phi) is 3.43. The van der Waals surface area contributed by atoms with E-state index in [9.17, 15) is 36.3 Å². The van der Waals surface area contributed by atoms with Gasteiger partial charge >= 0.3 is 29.2 Å². The van der Waals surface area contributed by atoms with Crippen molar-refractivity contribution in [1.29, 1.82) is 0 Å². The van der Waals surface area contributed by atoms with E-state index in [-0.39, 0.29) is 13.7 Å². The van der Waals surface area contributed by atoms with Crippen LogP contribution in [0.3, 0.4) is 0 Å². The average Bonchev–Trinajstić information content (AvgIpc) is 2.28. The van der Waals surface area contributed by atoms with E-state index in [1.54, 1.807) is 0 Å². The second-order valence-electron chi connectivity index (χ2n) is 3.75. The highest BCUT2D eigenvalue weighted by molar-refractivity contribution is 4.82. The van der Waals surface area contributed by atoms with Crippen molar-refractivity contribution in [2.75, 3.05) is 0 Å². The quantitative estimate of drug-likeness (QED) is 0.686. The lowest BCUT2D eigenvalue weighted by Gasteiger charge is -2.20. The number of rotatable bonds is 2. The van der Waals surface area contributed by atoms with Crippen molar-refractivity contribution in [1.82, 2.24) is 13.7 Å². The van der Waals surface area contributed by atoms with Crippen LogP contribution in [0.15, 0.2) is 14.4 Å². The summed E-state index contributed by atoms with van der Waals surface area (Å²) >= 11 is 0. The van der Waals surface area contributed by atoms with Gasteiger partial charge in [0.15, 0.2) is 0 Å². The largest absolute Gasteiger partial charge is 0.455 e. The summed E-state index contributed by atoms with van der Waals surface area (Å²) in [4.78, 5) is 34.0. The highest BCUT2D eigenvalue weighted by atomic mass is 19.4. The van der Waals surface area contributed by atoms with E-state index >= 15 is 0 Å². The van der Waals surface area contributed by atoms with Crippen LogP contribution < -0.4 is 17.1 Å². The zero-order valence-electron chi connectivity index (χ0n) is 9.66. The Hall–Kier alpha value is -1.94. The minimum atomic E-state index is -5.91. The molecule has 0 unspecified atom stereocenters. The van der Waals surface area contributed by atoms with Gasteiger partial charge in [-0.05, 0) is 0 Å². The Labute approximate surface area is 101 Å². The summed E-state index contributed by atoms with van der Waals surface area (Å²) in [5, 5.41) is 0. The number of nitrogens with zero attached hydrogens (tertiary/aromatic N) is 3. The van der Waals surface area contributed by atoms with Gasteiger partial charge in [-0.2, -0.15) is 22.0 Å². The number of halogens is 5. The molecule has 0 bridgehead atoms. The zero-order chi connectivity index (χ0) is 15.2. The van der Waals surface area contributed by atoms with Crippen LogP contribution in [-0.4, -0.2) is 25.8 Å². The third-order valence-electron chi connectivity index (χ3n) is 2.38. The zero-order valence-corrected chi connectivity index (χ0v) is 9.66. The third-order valence-corrected chi connectivity index (χ3v) is 2.38. The van der Waals surface area contributed by atoms with Crippen molar-refractivity contribution < 1.29 is 22.0 Å². The van der Waals surface area contributed by atoms with Crippen molar-refractivity contribution in [3.05, 3.63) is 31.5 Å². The normalized spacial score (nSPS) is 12.8. The van der Waals surface area contributed by atoms with Crippen LogP contribution in [0.25, 0.3) is 0 Å². The molecular formula is C8H8F5N3O3. The molecule has 11 heteroatoms. The predicted octanol–water partition coefficient (Wildman–Crippen LogP) is -0.557. The van der Waals surface area contributed by atoms with Crippen molar-refractivity contribution in [2.45, 2.75) is 18.6 Å². The van der Waals surface area contributed by atoms with Gasteiger partial charge in [0, 0.05) is 14.1 Å². The Balaban J connectivity index is 3.53. The van der Waals surface area contributed by atoms with E-state index in [2.05, 4.69) is 0 Å². The molecule has 0 radical (unpaired) electrons. The van der Waals surface area contributed by atoms with Gasteiger partial charge in [-0.3, -0.25) is 0 Å². The second kappa shape index (κ2) is 4.31. The van der Waals surface area contributed by atoms with Crippen LogP contribution in [0, 0.1) is 0 Å². The molecule has 1 aromatic heterocycles. The topological polar surface area (TPSA) is 66.0 Å². The highest BCUT2D eigenvalue weighted by Crippen LogP contribution is 2.35. The molecule has 0 spiro atoms. The van der Waals surface area contributed by atoms with Gasteiger partial charge in [-0.1, -0.05) is 0 Å². The Bertz CT molecular complexity index is 626. The molecule has 1 aromatic rings. The van der Waals surface area contributed by atoms with Gasteiger partial charge in [0.1, 0.15) is 6.54 Å². The van der Waals surface area contributed by atoms with E-state index in [0.717, 1.165) is 14.1 Å². The maximum Gasteiger partial charge on any atom is 0.455 e. The van der Waals surface area contributed by atoms with Gasteiger partial charge in [0.05, 0.1) is 0 Å². The number of aromatic nitrogens is 3. The first-order valence-electron chi connectivity index (χ1n) is 4.71. The molecule has 6 nitrogen and oxygen atoms in total. The number of hydrogen-bond donors (Lipinski definition) is 0. The monoisotopic (exact) mass is 289 g/mol. The molecule has 0 saturated carbocycles. The van der Waals surface area contributed by atoms with E-state index in [1.165, 1.54) is 0 Å². The van der Waals surface area contributed by atoms with E-state index in [4.69, 9.17) is 0 Å². The van der Waals surface area contributed by atoms with Crippen LogP contribution in [0.5, 0.6) is 0 Å². The summed E-state index contributed by atoms with van der Waals surface area (Å²) in [6.45, 7) is -2.18. The molecule has 0 amide bonds. The van der Waals surface area contributed by atoms with Gasteiger partial charge < -0.3 is 0 Å². The molecular weight excluding hydrogens is 281 g/mol. The number of alkyl halides is 5. The van der Waals surface area contributed by atoms with E-state index < -0.39 is 35.7 Å². The average molecular weight is 289 g/mol. The van der Waals surface area contributed by atoms with E-state index in [1.807, 2.05) is 0 Å². The molecule has 0 fully saturated rings. The maximum atomic E-state index is 12.8. The van der Waals surface area contributed by atoms with E-state index in [0.29, 0.717) is 0 Å². The van der Waals surface area contributed by atoms with Gasteiger partial charge in [0.2, 0.25) is 0 Å². The molecule has 0 N–H and O–H groups in total. The molecule has 0 aliphatic heterocycles. The lowest BCUT2D eigenvalue weighted by Crippen LogP contribution is -2.56. The fourth-order valence-electron chi connectivity index (χ4n) is 1.26.